The normalized spacial score (nSPS) is 18.3. The molecule has 6 rings (SSSR count). The van der Waals surface area contributed by atoms with Crippen molar-refractivity contribution >= 4 is 57.3 Å². The molecule has 1 N–H and O–H groups in total. The Hall–Kier alpha value is -4.06. The number of unbranched alkanes of at least 4 members (excludes halogenated alkanes) is 2. The molecule has 0 radical (unpaired) electrons. The fourth-order valence-electron chi connectivity index (χ4n) is 5.69. The summed E-state index contributed by atoms with van der Waals surface area (Å²) in [6.07, 6.45) is 3.69. The summed E-state index contributed by atoms with van der Waals surface area (Å²) in [6.45, 7) is 4.63. The summed E-state index contributed by atoms with van der Waals surface area (Å²) in [5.41, 5.74) is 2.76. The van der Waals surface area contributed by atoms with E-state index in [1.807, 2.05) is 31.2 Å². The fraction of sp³-hybridized carbons (Fsp3) is 0.314. The molecule has 9 nitrogen and oxygen atoms in total. The molecule has 3 aromatic carbocycles. The third-order valence-electron chi connectivity index (χ3n) is 8.03. The van der Waals surface area contributed by atoms with Crippen LogP contribution in [0.3, 0.4) is 0 Å². The van der Waals surface area contributed by atoms with Crippen LogP contribution >= 0.6 is 34.7 Å². The van der Waals surface area contributed by atoms with Crippen LogP contribution in [0.2, 0.25) is 5.02 Å². The van der Waals surface area contributed by atoms with Crippen LogP contribution in [0.1, 0.15) is 61.4 Å². The number of carbonyl (C=O) groups excluding carboxylic acids is 2. The van der Waals surface area contributed by atoms with E-state index >= 15 is 0 Å². The van der Waals surface area contributed by atoms with E-state index in [-0.39, 0.29) is 22.6 Å². The van der Waals surface area contributed by atoms with Gasteiger partial charge >= 0.3 is 5.91 Å². The highest BCUT2D eigenvalue weighted by atomic mass is 35.5. The van der Waals surface area contributed by atoms with Crippen LogP contribution in [-0.4, -0.2) is 46.8 Å². The van der Waals surface area contributed by atoms with Gasteiger partial charge in [-0.15, -0.1) is 10.2 Å². The van der Waals surface area contributed by atoms with E-state index in [0.29, 0.717) is 50.8 Å². The van der Waals surface area contributed by atoms with Crippen LogP contribution in [0, 0.1) is 0 Å². The van der Waals surface area contributed by atoms with Gasteiger partial charge < -0.3 is 19.3 Å². The third-order valence-corrected chi connectivity index (χ3v) is 10.5. The number of anilines is 1. The summed E-state index contributed by atoms with van der Waals surface area (Å²) in [5.74, 6) is 0.363. The first kappa shape index (κ1) is 32.9. The molecule has 0 aliphatic carbocycles. The molecular weight excluding hydrogens is 658 g/mol. The molecule has 2 atom stereocenters. The zero-order chi connectivity index (χ0) is 33.1. The average Bonchev–Trinajstić information content (AvgIpc) is 3.77. The third kappa shape index (κ3) is 6.83. The number of methoxy groups -OCH3 is 1. The summed E-state index contributed by atoms with van der Waals surface area (Å²) in [4.78, 5) is 28.9. The van der Waals surface area contributed by atoms with E-state index in [2.05, 4.69) is 17.1 Å². The van der Waals surface area contributed by atoms with Gasteiger partial charge in [-0.05, 0) is 66.4 Å². The molecule has 0 saturated carbocycles. The lowest BCUT2D eigenvalue weighted by atomic mass is 9.94. The number of thioether (sulfide) groups is 1. The Morgan fingerprint density at radius 1 is 1.11 bits per heavy atom. The monoisotopic (exact) mass is 691 g/mol. The molecule has 3 heterocycles. The molecule has 12 heteroatoms. The summed E-state index contributed by atoms with van der Waals surface area (Å²) in [5, 5.41) is 21.2. The van der Waals surface area contributed by atoms with Gasteiger partial charge in [-0.2, -0.15) is 0 Å². The first-order valence-electron chi connectivity index (χ1n) is 15.4. The summed E-state index contributed by atoms with van der Waals surface area (Å²) in [7, 11) is 1.54. The molecule has 0 bridgehead atoms. The molecule has 1 fully saturated rings. The second kappa shape index (κ2) is 14.4. The summed E-state index contributed by atoms with van der Waals surface area (Å²) >= 11 is 8.96. The highest BCUT2D eigenvalue weighted by Crippen LogP contribution is 2.46. The second-order valence-electron chi connectivity index (χ2n) is 11.3. The largest absolute Gasteiger partial charge is 0.507 e. The highest BCUT2D eigenvalue weighted by Gasteiger charge is 2.48. The van der Waals surface area contributed by atoms with Crippen molar-refractivity contribution < 1.29 is 28.9 Å². The van der Waals surface area contributed by atoms with Gasteiger partial charge in [0.25, 0.3) is 5.78 Å². The Bertz CT molecular complexity index is 1840. The molecule has 1 saturated heterocycles. The molecule has 2 unspecified atom stereocenters. The minimum absolute atomic E-state index is 0.00512. The van der Waals surface area contributed by atoms with Gasteiger partial charge in [0.2, 0.25) is 5.13 Å². The average molecular weight is 692 g/mol. The second-order valence-corrected chi connectivity index (χ2v) is 13.9. The predicted molar refractivity (Wildman–Crippen MR) is 184 cm³/mol. The number of hydrogen-bond donors (Lipinski definition) is 1. The number of ketones is 1. The first-order valence-corrected chi connectivity index (χ1v) is 17.6. The van der Waals surface area contributed by atoms with Gasteiger partial charge in [0.05, 0.1) is 25.3 Å². The molecule has 244 valence electrons. The Kier molecular flexibility index (Phi) is 10.0. The van der Waals surface area contributed by atoms with Crippen LogP contribution < -0.4 is 19.1 Å². The van der Waals surface area contributed by atoms with E-state index in [0.717, 1.165) is 36.1 Å². The van der Waals surface area contributed by atoms with Crippen molar-refractivity contribution in [3.63, 3.8) is 0 Å². The van der Waals surface area contributed by atoms with Crippen molar-refractivity contribution in [3.05, 3.63) is 93.5 Å². The molecule has 1 amide bonds. The first-order chi connectivity index (χ1) is 22.8. The summed E-state index contributed by atoms with van der Waals surface area (Å²) < 4.78 is 18.1. The number of carbonyl (C=O) groups is 2. The van der Waals surface area contributed by atoms with E-state index in [4.69, 9.17) is 25.8 Å². The number of ether oxygens (including phenoxy) is 3. The van der Waals surface area contributed by atoms with E-state index in [9.17, 15) is 14.7 Å². The molecule has 47 heavy (non-hydrogen) atoms. The molecule has 2 aliphatic rings. The number of aliphatic hydroxyl groups is 1. The van der Waals surface area contributed by atoms with Crippen LogP contribution in [0.15, 0.2) is 70.6 Å². The van der Waals surface area contributed by atoms with E-state index in [1.165, 1.54) is 35.1 Å². The number of nitrogens with zero attached hydrogens (tertiary/aromatic N) is 3. The van der Waals surface area contributed by atoms with Crippen LogP contribution in [0.5, 0.6) is 17.2 Å². The Morgan fingerprint density at radius 2 is 1.94 bits per heavy atom. The zero-order valence-corrected chi connectivity index (χ0v) is 28.6. The number of benzene rings is 3. The Labute approximate surface area is 286 Å². The molecule has 0 spiro atoms. The van der Waals surface area contributed by atoms with Crippen LogP contribution in [-0.2, 0) is 21.8 Å². The lowest BCUT2D eigenvalue weighted by Crippen LogP contribution is -2.29. The van der Waals surface area contributed by atoms with Gasteiger partial charge in [-0.1, -0.05) is 78.7 Å². The van der Waals surface area contributed by atoms with Crippen LogP contribution in [0.25, 0.3) is 5.76 Å². The Morgan fingerprint density at radius 3 is 2.72 bits per heavy atom. The number of aliphatic hydroxyl groups excluding tert-OH is 1. The van der Waals surface area contributed by atoms with Crippen molar-refractivity contribution in [2.75, 3.05) is 18.6 Å². The molecule has 4 aromatic rings. The SMILES string of the molecule is CCCCCOc1ccc(C2/C(=C(\O)c3ccc4c(c3)CC(C)O4)C(=O)C(=O)N2c2nnc(SCc3ccccc3Cl)s2)cc1OC. The fourth-order valence-corrected chi connectivity index (χ4v) is 7.84. The summed E-state index contributed by atoms with van der Waals surface area (Å²) in [6, 6.07) is 17.1. The zero-order valence-electron chi connectivity index (χ0n) is 26.2. The molecular formula is C35H34ClN3O6S2. The number of amides is 1. The van der Waals surface area contributed by atoms with E-state index < -0.39 is 17.7 Å². The maximum absolute atomic E-state index is 13.8. The molecule has 1 aromatic heterocycles. The smallest absolute Gasteiger partial charge is 0.301 e. The number of halogens is 1. The lowest BCUT2D eigenvalue weighted by molar-refractivity contribution is -0.132. The van der Waals surface area contributed by atoms with Gasteiger partial charge in [0, 0.05) is 22.8 Å². The van der Waals surface area contributed by atoms with Crippen molar-refractivity contribution in [3.8, 4) is 17.2 Å². The highest BCUT2D eigenvalue weighted by molar-refractivity contribution is 8.00. The van der Waals surface area contributed by atoms with E-state index in [1.54, 1.807) is 36.4 Å². The standard InChI is InChI=1S/C35H34ClN3O6S2/c1-4-5-8-15-44-27-14-11-21(18-28(27)43-3)30-29(31(40)22-12-13-26-24(17-22)16-20(2)45-26)32(41)33(42)39(30)34-37-38-35(47-34)46-19-23-9-6-7-10-25(23)36/h6-7,9-14,17-18,20,30,40H,4-5,8,15-16,19H2,1-3H3/b31-29+. The van der Waals surface area contributed by atoms with Gasteiger partial charge in [-0.25, -0.2) is 0 Å². The van der Waals surface area contributed by atoms with Gasteiger partial charge in [-0.3, -0.25) is 14.5 Å². The van der Waals surface area contributed by atoms with Crippen LogP contribution in [0.4, 0.5) is 5.13 Å². The minimum Gasteiger partial charge on any atom is -0.507 e. The lowest BCUT2D eigenvalue weighted by Gasteiger charge is -2.23. The maximum atomic E-state index is 13.8. The van der Waals surface area contributed by atoms with Crippen molar-refractivity contribution in [2.24, 2.45) is 0 Å². The predicted octanol–water partition coefficient (Wildman–Crippen LogP) is 8.01. The van der Waals surface area contributed by atoms with Crippen molar-refractivity contribution in [2.45, 2.75) is 61.8 Å². The number of hydrogen-bond acceptors (Lipinski definition) is 10. The number of aromatic nitrogens is 2. The van der Waals surface area contributed by atoms with Crippen molar-refractivity contribution in [1.82, 2.24) is 10.2 Å². The molecule has 2 aliphatic heterocycles. The Balaban J connectivity index is 1.39. The van der Waals surface area contributed by atoms with Gasteiger partial charge in [0.1, 0.15) is 17.6 Å². The number of Topliss-reactive ketones (excluding diaryl/α,β-unsaturated/α-hetero) is 1. The van der Waals surface area contributed by atoms with Crippen molar-refractivity contribution in [1.29, 1.82) is 0 Å². The topological polar surface area (TPSA) is 111 Å². The minimum atomic E-state index is -1.00. The maximum Gasteiger partial charge on any atom is 0.301 e. The number of fused-ring (bicyclic) bond motifs is 1. The quantitative estimate of drug-likeness (QED) is 0.0394. The number of rotatable bonds is 12. The van der Waals surface area contributed by atoms with Gasteiger partial charge in [0.15, 0.2) is 15.8 Å².